The average molecular weight is 232 g/mol. The molecule has 96 valence electrons. The van der Waals surface area contributed by atoms with Crippen LogP contribution in [0.15, 0.2) is 0 Å². The Labute approximate surface area is 97.8 Å². The molecule has 1 atom stereocenters. The van der Waals surface area contributed by atoms with Gasteiger partial charge in [-0.3, -0.25) is 4.79 Å². The molecule has 0 rings (SSSR count). The molecule has 5 nitrogen and oxygen atoms in total. The molecule has 5 heteroatoms. The summed E-state index contributed by atoms with van der Waals surface area (Å²) in [6.07, 6.45) is 1.31. The van der Waals surface area contributed by atoms with Gasteiger partial charge in [0.2, 0.25) is 0 Å². The maximum absolute atomic E-state index is 10.8. The molecule has 2 N–H and O–H groups in total. The van der Waals surface area contributed by atoms with Crippen molar-refractivity contribution in [2.45, 2.75) is 25.4 Å². The standard InChI is InChI=1S/C11H24N2O3/c1-13(2)8-4-7-12-9-10(14)5-6-11(15)16-3/h10,12,14H,4-9H2,1-3H3. The fourth-order valence-corrected chi connectivity index (χ4v) is 1.28. The lowest BCUT2D eigenvalue weighted by atomic mass is 10.2. The van der Waals surface area contributed by atoms with Crippen LogP contribution in [-0.2, 0) is 9.53 Å². The smallest absolute Gasteiger partial charge is 0.305 e. The first kappa shape index (κ1) is 15.3. The summed E-state index contributed by atoms with van der Waals surface area (Å²) in [7, 11) is 5.42. The van der Waals surface area contributed by atoms with Crippen LogP contribution < -0.4 is 5.32 Å². The van der Waals surface area contributed by atoms with E-state index >= 15 is 0 Å². The van der Waals surface area contributed by atoms with Gasteiger partial charge < -0.3 is 20.1 Å². The van der Waals surface area contributed by atoms with Crippen molar-refractivity contribution < 1.29 is 14.6 Å². The summed E-state index contributed by atoms with van der Waals surface area (Å²) in [6, 6.07) is 0. The number of nitrogens with zero attached hydrogens (tertiary/aromatic N) is 1. The topological polar surface area (TPSA) is 61.8 Å². The number of rotatable bonds is 9. The largest absolute Gasteiger partial charge is 0.469 e. The number of esters is 1. The Bertz CT molecular complexity index is 186. The molecule has 0 saturated heterocycles. The second-order valence-corrected chi connectivity index (χ2v) is 4.13. The van der Waals surface area contributed by atoms with E-state index in [0.717, 1.165) is 19.5 Å². The molecule has 0 spiro atoms. The molecule has 0 aromatic carbocycles. The van der Waals surface area contributed by atoms with Crippen molar-refractivity contribution in [3.8, 4) is 0 Å². The molecule has 0 aliphatic carbocycles. The van der Waals surface area contributed by atoms with Crippen molar-refractivity contribution >= 4 is 5.97 Å². The Morgan fingerprint density at radius 1 is 1.50 bits per heavy atom. The van der Waals surface area contributed by atoms with Crippen molar-refractivity contribution in [1.29, 1.82) is 0 Å². The van der Waals surface area contributed by atoms with Gasteiger partial charge >= 0.3 is 5.97 Å². The highest BCUT2D eigenvalue weighted by molar-refractivity contribution is 5.69. The first-order valence-electron chi connectivity index (χ1n) is 5.66. The van der Waals surface area contributed by atoms with Gasteiger partial charge in [-0.25, -0.2) is 0 Å². The summed E-state index contributed by atoms with van der Waals surface area (Å²) >= 11 is 0. The van der Waals surface area contributed by atoms with Crippen LogP contribution in [0.3, 0.4) is 0 Å². The highest BCUT2D eigenvalue weighted by atomic mass is 16.5. The molecule has 0 amide bonds. The molecule has 0 aliphatic rings. The van der Waals surface area contributed by atoms with Gasteiger partial charge in [0, 0.05) is 13.0 Å². The van der Waals surface area contributed by atoms with Crippen LogP contribution in [0.5, 0.6) is 0 Å². The van der Waals surface area contributed by atoms with Crippen LogP contribution in [0.25, 0.3) is 0 Å². The molecule has 16 heavy (non-hydrogen) atoms. The predicted octanol–water partition coefficient (Wildman–Crippen LogP) is -0.158. The summed E-state index contributed by atoms with van der Waals surface area (Å²) in [5.74, 6) is -0.272. The fraction of sp³-hybridized carbons (Fsp3) is 0.909. The van der Waals surface area contributed by atoms with Crippen molar-refractivity contribution in [3.05, 3.63) is 0 Å². The van der Waals surface area contributed by atoms with Gasteiger partial charge in [0.1, 0.15) is 0 Å². The normalized spacial score (nSPS) is 12.8. The molecule has 0 aliphatic heterocycles. The lowest BCUT2D eigenvalue weighted by Crippen LogP contribution is -2.29. The molecule has 0 heterocycles. The van der Waals surface area contributed by atoms with E-state index in [1.54, 1.807) is 0 Å². The summed E-state index contributed by atoms with van der Waals surface area (Å²) < 4.78 is 4.49. The van der Waals surface area contributed by atoms with Gasteiger partial charge in [0.25, 0.3) is 0 Å². The van der Waals surface area contributed by atoms with E-state index in [-0.39, 0.29) is 12.4 Å². The van der Waals surface area contributed by atoms with Crippen molar-refractivity contribution in [3.63, 3.8) is 0 Å². The van der Waals surface area contributed by atoms with E-state index in [1.165, 1.54) is 7.11 Å². The van der Waals surface area contributed by atoms with Crippen LogP contribution in [0.4, 0.5) is 0 Å². The average Bonchev–Trinajstić information content (AvgIpc) is 2.24. The Morgan fingerprint density at radius 2 is 2.19 bits per heavy atom. The van der Waals surface area contributed by atoms with E-state index in [9.17, 15) is 9.90 Å². The van der Waals surface area contributed by atoms with E-state index in [1.807, 2.05) is 14.1 Å². The minimum Gasteiger partial charge on any atom is -0.469 e. The van der Waals surface area contributed by atoms with Crippen LogP contribution in [0.1, 0.15) is 19.3 Å². The van der Waals surface area contributed by atoms with E-state index < -0.39 is 6.10 Å². The van der Waals surface area contributed by atoms with Gasteiger partial charge in [-0.15, -0.1) is 0 Å². The quantitative estimate of drug-likeness (QED) is 0.427. The number of aliphatic hydroxyl groups is 1. The highest BCUT2D eigenvalue weighted by Gasteiger charge is 2.07. The number of carbonyl (C=O) groups is 1. The first-order chi connectivity index (χ1) is 7.56. The zero-order chi connectivity index (χ0) is 12.4. The molecular formula is C11H24N2O3. The number of hydrogen-bond acceptors (Lipinski definition) is 5. The van der Waals surface area contributed by atoms with E-state index in [2.05, 4.69) is 15.0 Å². The Morgan fingerprint density at radius 3 is 2.75 bits per heavy atom. The molecular weight excluding hydrogens is 208 g/mol. The third-order valence-corrected chi connectivity index (χ3v) is 2.25. The number of carbonyl (C=O) groups excluding carboxylic acids is 1. The first-order valence-corrected chi connectivity index (χ1v) is 5.66. The summed E-state index contributed by atoms with van der Waals surface area (Å²) in [5, 5.41) is 12.7. The molecule has 0 fully saturated rings. The Kier molecular flexibility index (Phi) is 9.18. The molecule has 0 aromatic rings. The van der Waals surface area contributed by atoms with Crippen LogP contribution >= 0.6 is 0 Å². The predicted molar refractivity (Wildman–Crippen MR) is 63.3 cm³/mol. The number of aliphatic hydroxyl groups excluding tert-OH is 1. The monoisotopic (exact) mass is 232 g/mol. The maximum atomic E-state index is 10.8. The van der Waals surface area contributed by atoms with Gasteiger partial charge in [-0.05, 0) is 40.0 Å². The minimum absolute atomic E-state index is 0.272. The second kappa shape index (κ2) is 9.57. The SMILES string of the molecule is COC(=O)CCC(O)CNCCCN(C)C. The van der Waals surface area contributed by atoms with Crippen molar-refractivity contribution in [1.82, 2.24) is 10.2 Å². The van der Waals surface area contributed by atoms with Crippen LogP contribution in [0.2, 0.25) is 0 Å². The summed E-state index contributed by atoms with van der Waals surface area (Å²) in [6.45, 7) is 2.45. The highest BCUT2D eigenvalue weighted by Crippen LogP contribution is 1.97. The molecule has 0 bridgehead atoms. The molecule has 1 unspecified atom stereocenters. The van der Waals surface area contributed by atoms with Gasteiger partial charge in [0.05, 0.1) is 13.2 Å². The Hall–Kier alpha value is -0.650. The third-order valence-electron chi connectivity index (χ3n) is 2.25. The van der Waals surface area contributed by atoms with Crippen molar-refractivity contribution in [2.75, 3.05) is 40.8 Å². The number of hydrogen-bond donors (Lipinski definition) is 2. The summed E-state index contributed by atoms with van der Waals surface area (Å²) in [4.78, 5) is 12.9. The van der Waals surface area contributed by atoms with Gasteiger partial charge in [-0.1, -0.05) is 0 Å². The van der Waals surface area contributed by atoms with E-state index in [4.69, 9.17) is 0 Å². The van der Waals surface area contributed by atoms with Crippen LogP contribution in [-0.4, -0.2) is 62.9 Å². The second-order valence-electron chi connectivity index (χ2n) is 4.13. The summed E-state index contributed by atoms with van der Waals surface area (Å²) in [5.41, 5.74) is 0. The molecule has 0 aromatic heterocycles. The molecule has 0 saturated carbocycles. The number of ether oxygens (including phenoxy) is 1. The zero-order valence-electron chi connectivity index (χ0n) is 10.5. The minimum atomic E-state index is -0.474. The maximum Gasteiger partial charge on any atom is 0.305 e. The Balaban J connectivity index is 3.30. The van der Waals surface area contributed by atoms with E-state index in [0.29, 0.717) is 13.0 Å². The third kappa shape index (κ3) is 9.89. The fourth-order valence-electron chi connectivity index (χ4n) is 1.28. The zero-order valence-corrected chi connectivity index (χ0v) is 10.5. The van der Waals surface area contributed by atoms with Crippen molar-refractivity contribution in [2.24, 2.45) is 0 Å². The lowest BCUT2D eigenvalue weighted by Gasteiger charge is -2.12. The number of methoxy groups -OCH3 is 1. The molecule has 0 radical (unpaired) electrons. The lowest BCUT2D eigenvalue weighted by molar-refractivity contribution is -0.141. The van der Waals surface area contributed by atoms with Gasteiger partial charge in [0.15, 0.2) is 0 Å². The number of nitrogens with one attached hydrogen (secondary N) is 1. The van der Waals surface area contributed by atoms with Crippen LogP contribution in [0, 0.1) is 0 Å². The van der Waals surface area contributed by atoms with Gasteiger partial charge in [-0.2, -0.15) is 0 Å².